The Labute approximate surface area is 100 Å². The van der Waals surface area contributed by atoms with E-state index >= 15 is 0 Å². The summed E-state index contributed by atoms with van der Waals surface area (Å²) in [4.78, 5) is 13.3. The number of piperidine rings is 1. The van der Waals surface area contributed by atoms with E-state index < -0.39 is 0 Å². The number of anilines is 1. The number of ether oxygens (including phenoxy) is 1. The molecule has 0 aromatic heterocycles. The maximum absolute atomic E-state index is 11.2. The van der Waals surface area contributed by atoms with Crippen LogP contribution in [-0.2, 0) is 4.79 Å². The van der Waals surface area contributed by atoms with E-state index in [1.165, 1.54) is 0 Å². The number of nitriles is 1. The fourth-order valence-corrected chi connectivity index (χ4v) is 1.96. The summed E-state index contributed by atoms with van der Waals surface area (Å²) in [6.07, 6.45) is 1.16. The lowest BCUT2D eigenvalue weighted by Crippen LogP contribution is -2.33. The molecule has 88 valence electrons. The molecule has 0 unspecified atom stereocenters. The lowest BCUT2D eigenvalue weighted by atomic mass is 10.1. The van der Waals surface area contributed by atoms with Gasteiger partial charge in [-0.25, -0.2) is 0 Å². The Morgan fingerprint density at radius 1 is 1.29 bits per heavy atom. The number of carbonyl (C=O) groups is 1. The third-order valence-electron chi connectivity index (χ3n) is 2.94. The highest BCUT2D eigenvalue weighted by Gasteiger charge is 2.17. The zero-order valence-electron chi connectivity index (χ0n) is 9.77. The molecule has 1 aliphatic rings. The van der Waals surface area contributed by atoms with Gasteiger partial charge in [0.2, 0.25) is 0 Å². The van der Waals surface area contributed by atoms with Gasteiger partial charge in [-0.3, -0.25) is 4.79 Å². The zero-order valence-corrected chi connectivity index (χ0v) is 9.77. The van der Waals surface area contributed by atoms with Crippen LogP contribution >= 0.6 is 0 Å². The number of hydrogen-bond acceptors (Lipinski definition) is 4. The molecular weight excluding hydrogens is 216 g/mol. The molecule has 17 heavy (non-hydrogen) atoms. The average molecular weight is 230 g/mol. The van der Waals surface area contributed by atoms with Crippen molar-refractivity contribution in [1.82, 2.24) is 0 Å². The van der Waals surface area contributed by atoms with Gasteiger partial charge in [0, 0.05) is 37.7 Å². The molecule has 1 aromatic rings. The highest BCUT2D eigenvalue weighted by atomic mass is 16.5. The molecule has 1 aliphatic heterocycles. The van der Waals surface area contributed by atoms with E-state index in [1.807, 2.05) is 12.1 Å². The fourth-order valence-electron chi connectivity index (χ4n) is 1.96. The third-order valence-corrected chi connectivity index (χ3v) is 2.94. The van der Waals surface area contributed by atoms with Gasteiger partial charge in [-0.05, 0) is 12.1 Å². The Balaban J connectivity index is 2.25. The van der Waals surface area contributed by atoms with Crippen LogP contribution in [0.15, 0.2) is 18.2 Å². The van der Waals surface area contributed by atoms with Crippen LogP contribution in [0.1, 0.15) is 18.4 Å². The molecule has 0 atom stereocenters. The largest absolute Gasteiger partial charge is 0.497 e. The Bertz CT molecular complexity index is 467. The van der Waals surface area contributed by atoms with E-state index in [2.05, 4.69) is 11.0 Å². The highest BCUT2D eigenvalue weighted by Crippen LogP contribution is 2.25. The van der Waals surface area contributed by atoms with Gasteiger partial charge in [0.1, 0.15) is 11.5 Å². The van der Waals surface area contributed by atoms with Crippen LogP contribution in [0, 0.1) is 11.3 Å². The van der Waals surface area contributed by atoms with E-state index in [4.69, 9.17) is 10.00 Å². The fraction of sp³-hybridized carbons (Fsp3) is 0.385. The first kappa shape index (κ1) is 11.5. The van der Waals surface area contributed by atoms with E-state index in [1.54, 1.807) is 13.2 Å². The minimum absolute atomic E-state index is 0.310. The summed E-state index contributed by atoms with van der Waals surface area (Å²) in [6, 6.07) is 7.55. The van der Waals surface area contributed by atoms with Gasteiger partial charge in [-0.15, -0.1) is 0 Å². The van der Waals surface area contributed by atoms with Crippen molar-refractivity contribution >= 4 is 11.5 Å². The van der Waals surface area contributed by atoms with Crippen LogP contribution in [0.3, 0.4) is 0 Å². The minimum atomic E-state index is 0.310. The number of nitrogens with zero attached hydrogens (tertiary/aromatic N) is 2. The molecule has 0 saturated carbocycles. The summed E-state index contributed by atoms with van der Waals surface area (Å²) in [6.45, 7) is 1.44. The van der Waals surface area contributed by atoms with Crippen LogP contribution in [0.5, 0.6) is 5.75 Å². The molecule has 0 amide bonds. The number of Topliss-reactive ketones (excluding diaryl/α,β-unsaturated/α-hetero) is 1. The monoisotopic (exact) mass is 230 g/mol. The van der Waals surface area contributed by atoms with Crippen molar-refractivity contribution in [3.05, 3.63) is 23.8 Å². The second-order valence-corrected chi connectivity index (χ2v) is 4.06. The molecule has 0 N–H and O–H groups in total. The molecule has 0 radical (unpaired) electrons. The number of hydrogen-bond donors (Lipinski definition) is 0. The summed E-state index contributed by atoms with van der Waals surface area (Å²) in [7, 11) is 1.58. The van der Waals surface area contributed by atoms with Crippen molar-refractivity contribution in [3.63, 3.8) is 0 Å². The predicted molar refractivity (Wildman–Crippen MR) is 64.2 cm³/mol. The van der Waals surface area contributed by atoms with Crippen molar-refractivity contribution < 1.29 is 9.53 Å². The first-order valence-electron chi connectivity index (χ1n) is 5.59. The standard InChI is InChI=1S/C13H14N2O2/c1-17-13-7-10(9-14)6-11(8-13)15-4-2-12(16)3-5-15/h6-8H,2-5H2,1H3. The molecule has 2 rings (SSSR count). The summed E-state index contributed by atoms with van der Waals surface area (Å²) < 4.78 is 5.16. The molecule has 0 aliphatic carbocycles. The molecule has 4 nitrogen and oxygen atoms in total. The molecule has 1 heterocycles. The number of rotatable bonds is 2. The van der Waals surface area contributed by atoms with E-state index in [-0.39, 0.29) is 0 Å². The molecule has 1 fully saturated rings. The highest BCUT2D eigenvalue weighted by molar-refractivity contribution is 5.81. The third kappa shape index (κ3) is 2.56. The van der Waals surface area contributed by atoms with Crippen molar-refractivity contribution in [1.29, 1.82) is 5.26 Å². The summed E-state index contributed by atoms with van der Waals surface area (Å²) >= 11 is 0. The van der Waals surface area contributed by atoms with Crippen LogP contribution < -0.4 is 9.64 Å². The SMILES string of the molecule is COc1cc(C#N)cc(N2CCC(=O)CC2)c1. The van der Waals surface area contributed by atoms with Crippen LogP contribution in [-0.4, -0.2) is 26.0 Å². The predicted octanol–water partition coefficient (Wildman–Crippen LogP) is 1.74. The average Bonchev–Trinajstić information content (AvgIpc) is 2.39. The van der Waals surface area contributed by atoms with Gasteiger partial charge >= 0.3 is 0 Å². The Hall–Kier alpha value is -2.02. The topological polar surface area (TPSA) is 53.3 Å². The van der Waals surface area contributed by atoms with Crippen molar-refractivity contribution in [2.45, 2.75) is 12.8 Å². The van der Waals surface area contributed by atoms with Crippen molar-refractivity contribution in [2.24, 2.45) is 0 Å². The van der Waals surface area contributed by atoms with Crippen LogP contribution in [0.2, 0.25) is 0 Å². The quantitative estimate of drug-likeness (QED) is 0.776. The van der Waals surface area contributed by atoms with Gasteiger partial charge in [0.15, 0.2) is 0 Å². The molecule has 4 heteroatoms. The smallest absolute Gasteiger partial charge is 0.136 e. The second kappa shape index (κ2) is 4.88. The molecular formula is C13H14N2O2. The van der Waals surface area contributed by atoms with Crippen molar-refractivity contribution in [2.75, 3.05) is 25.1 Å². The zero-order chi connectivity index (χ0) is 12.3. The summed E-state index contributed by atoms with van der Waals surface area (Å²) in [5.41, 5.74) is 1.53. The maximum Gasteiger partial charge on any atom is 0.136 e. The molecule has 0 spiro atoms. The van der Waals surface area contributed by atoms with Gasteiger partial charge < -0.3 is 9.64 Å². The number of carbonyl (C=O) groups excluding carboxylic acids is 1. The normalized spacial score (nSPS) is 15.5. The van der Waals surface area contributed by atoms with E-state index in [0.29, 0.717) is 29.9 Å². The lowest BCUT2D eigenvalue weighted by molar-refractivity contribution is -0.119. The molecule has 1 saturated heterocycles. The maximum atomic E-state index is 11.2. The number of benzene rings is 1. The first-order valence-corrected chi connectivity index (χ1v) is 5.59. The minimum Gasteiger partial charge on any atom is -0.497 e. The van der Waals surface area contributed by atoms with Crippen LogP contribution in [0.25, 0.3) is 0 Å². The van der Waals surface area contributed by atoms with Gasteiger partial charge in [-0.2, -0.15) is 5.26 Å². The van der Waals surface area contributed by atoms with Gasteiger partial charge in [-0.1, -0.05) is 0 Å². The summed E-state index contributed by atoms with van der Waals surface area (Å²) in [5, 5.41) is 8.94. The first-order chi connectivity index (χ1) is 8.22. The summed E-state index contributed by atoms with van der Waals surface area (Å²) in [5.74, 6) is 0.987. The lowest BCUT2D eigenvalue weighted by Gasteiger charge is -2.28. The second-order valence-electron chi connectivity index (χ2n) is 4.06. The Morgan fingerprint density at radius 3 is 2.59 bits per heavy atom. The van der Waals surface area contributed by atoms with Gasteiger partial charge in [0.25, 0.3) is 0 Å². The van der Waals surface area contributed by atoms with E-state index in [0.717, 1.165) is 18.8 Å². The molecule has 1 aromatic carbocycles. The van der Waals surface area contributed by atoms with Crippen molar-refractivity contribution in [3.8, 4) is 11.8 Å². The molecule has 0 bridgehead atoms. The Kier molecular flexibility index (Phi) is 3.29. The number of methoxy groups -OCH3 is 1. The number of ketones is 1. The Morgan fingerprint density at radius 2 is 2.00 bits per heavy atom. The van der Waals surface area contributed by atoms with Gasteiger partial charge in [0.05, 0.1) is 18.7 Å². The van der Waals surface area contributed by atoms with E-state index in [9.17, 15) is 4.79 Å². The van der Waals surface area contributed by atoms with Crippen LogP contribution in [0.4, 0.5) is 5.69 Å².